The van der Waals surface area contributed by atoms with Crippen molar-refractivity contribution < 1.29 is 4.79 Å². The zero-order valence-corrected chi connectivity index (χ0v) is 14.1. The molecule has 0 aliphatic carbocycles. The molecule has 0 spiro atoms. The molecule has 22 heavy (non-hydrogen) atoms. The van der Waals surface area contributed by atoms with Crippen LogP contribution in [0.5, 0.6) is 0 Å². The predicted octanol–water partition coefficient (Wildman–Crippen LogP) is 1.72. The lowest BCUT2D eigenvalue weighted by Crippen LogP contribution is -2.47. The van der Waals surface area contributed by atoms with Crippen LogP contribution in [-0.4, -0.2) is 48.9 Å². The van der Waals surface area contributed by atoms with Crippen LogP contribution < -0.4 is 5.32 Å². The third-order valence-electron chi connectivity index (χ3n) is 3.61. The van der Waals surface area contributed by atoms with Crippen molar-refractivity contribution in [2.45, 2.75) is 6.54 Å². The Morgan fingerprint density at radius 3 is 2.55 bits per heavy atom. The fourth-order valence-electron chi connectivity index (χ4n) is 2.19. The van der Waals surface area contributed by atoms with Crippen molar-refractivity contribution >= 4 is 21.8 Å². The summed E-state index contributed by atoms with van der Waals surface area (Å²) in [6, 6.07) is 9.88. The number of likely N-dealkylation sites (N-methyl/N-ethyl adjacent to an activating group) is 1. The van der Waals surface area contributed by atoms with Gasteiger partial charge in [0.25, 0.3) is 5.91 Å². The SMILES string of the molecule is CN1CCN(C(=O)/C(C#N)=C\NCc2ccc(Br)cc2)CC1. The van der Waals surface area contributed by atoms with E-state index >= 15 is 0 Å². The third-order valence-corrected chi connectivity index (χ3v) is 4.14. The van der Waals surface area contributed by atoms with Crippen LogP contribution in [0.4, 0.5) is 0 Å². The number of nitriles is 1. The zero-order valence-electron chi connectivity index (χ0n) is 12.6. The lowest BCUT2D eigenvalue weighted by atomic mass is 10.2. The number of halogens is 1. The molecule has 0 saturated carbocycles. The van der Waals surface area contributed by atoms with Gasteiger partial charge in [-0.25, -0.2) is 0 Å². The maximum absolute atomic E-state index is 12.3. The van der Waals surface area contributed by atoms with E-state index < -0.39 is 0 Å². The Morgan fingerprint density at radius 1 is 1.32 bits per heavy atom. The summed E-state index contributed by atoms with van der Waals surface area (Å²) in [6.07, 6.45) is 1.52. The standard InChI is InChI=1S/C16H19BrN4O/c1-20-6-8-21(9-7-20)16(22)14(10-18)12-19-11-13-2-4-15(17)5-3-13/h2-5,12,19H,6-9,11H2,1H3/b14-12-. The molecule has 1 saturated heterocycles. The van der Waals surface area contributed by atoms with Crippen LogP contribution in [-0.2, 0) is 11.3 Å². The first-order valence-electron chi connectivity index (χ1n) is 7.16. The molecule has 1 aliphatic heterocycles. The monoisotopic (exact) mass is 362 g/mol. The summed E-state index contributed by atoms with van der Waals surface area (Å²) in [5.74, 6) is -0.195. The maximum atomic E-state index is 12.3. The third kappa shape index (κ3) is 4.58. The van der Waals surface area contributed by atoms with Crippen LogP contribution in [0.1, 0.15) is 5.56 Å². The van der Waals surface area contributed by atoms with Crippen molar-refractivity contribution in [2.24, 2.45) is 0 Å². The summed E-state index contributed by atoms with van der Waals surface area (Å²) in [4.78, 5) is 16.2. The molecular formula is C16H19BrN4O. The van der Waals surface area contributed by atoms with Crippen LogP contribution in [0.15, 0.2) is 40.5 Å². The second-order valence-electron chi connectivity index (χ2n) is 5.27. The van der Waals surface area contributed by atoms with E-state index in [0.717, 1.165) is 23.1 Å². The number of amides is 1. The number of nitrogens with zero attached hydrogens (tertiary/aromatic N) is 3. The van der Waals surface area contributed by atoms with Gasteiger partial charge in [0.15, 0.2) is 0 Å². The Bertz CT molecular complexity index is 583. The molecule has 1 fully saturated rings. The molecule has 1 heterocycles. The Labute approximate surface area is 139 Å². The number of nitrogens with one attached hydrogen (secondary N) is 1. The molecule has 116 valence electrons. The van der Waals surface area contributed by atoms with E-state index in [9.17, 15) is 10.1 Å². The van der Waals surface area contributed by atoms with Gasteiger partial charge in [0.1, 0.15) is 11.6 Å². The normalized spacial score (nSPS) is 16.2. The van der Waals surface area contributed by atoms with Gasteiger partial charge < -0.3 is 15.1 Å². The smallest absolute Gasteiger partial charge is 0.266 e. The number of carbonyl (C=O) groups excluding carboxylic acids is 1. The van der Waals surface area contributed by atoms with E-state index in [1.807, 2.05) is 37.4 Å². The van der Waals surface area contributed by atoms with E-state index in [2.05, 4.69) is 26.1 Å². The Morgan fingerprint density at radius 2 is 1.95 bits per heavy atom. The lowest BCUT2D eigenvalue weighted by Gasteiger charge is -2.32. The summed E-state index contributed by atoms with van der Waals surface area (Å²) >= 11 is 3.39. The fraction of sp³-hybridized carbons (Fsp3) is 0.375. The molecule has 0 unspecified atom stereocenters. The van der Waals surface area contributed by atoms with E-state index in [1.165, 1.54) is 6.20 Å². The van der Waals surface area contributed by atoms with Crippen LogP contribution in [0, 0.1) is 11.3 Å². The van der Waals surface area contributed by atoms with Gasteiger partial charge in [-0.3, -0.25) is 4.79 Å². The molecule has 2 rings (SSSR count). The van der Waals surface area contributed by atoms with Crippen LogP contribution in [0.3, 0.4) is 0 Å². The molecule has 0 radical (unpaired) electrons. The van der Waals surface area contributed by atoms with Crippen molar-refractivity contribution in [3.05, 3.63) is 46.1 Å². The molecule has 5 nitrogen and oxygen atoms in total. The summed E-state index contributed by atoms with van der Waals surface area (Å²) < 4.78 is 1.02. The van der Waals surface area contributed by atoms with E-state index in [0.29, 0.717) is 19.6 Å². The van der Waals surface area contributed by atoms with Gasteiger partial charge in [-0.1, -0.05) is 28.1 Å². The predicted molar refractivity (Wildman–Crippen MR) is 88.8 cm³/mol. The molecule has 0 atom stereocenters. The number of rotatable bonds is 4. The van der Waals surface area contributed by atoms with Crippen molar-refractivity contribution in [2.75, 3.05) is 33.2 Å². The van der Waals surface area contributed by atoms with Crippen molar-refractivity contribution in [1.29, 1.82) is 5.26 Å². The van der Waals surface area contributed by atoms with Crippen LogP contribution in [0.2, 0.25) is 0 Å². The van der Waals surface area contributed by atoms with Crippen LogP contribution >= 0.6 is 15.9 Å². The van der Waals surface area contributed by atoms with Crippen molar-refractivity contribution in [1.82, 2.24) is 15.1 Å². The van der Waals surface area contributed by atoms with Gasteiger partial charge >= 0.3 is 0 Å². The topological polar surface area (TPSA) is 59.4 Å². The zero-order chi connectivity index (χ0) is 15.9. The minimum Gasteiger partial charge on any atom is -0.386 e. The molecule has 1 N–H and O–H groups in total. The first kappa shape index (κ1) is 16.5. The number of hydrogen-bond donors (Lipinski definition) is 1. The first-order chi connectivity index (χ1) is 10.6. The second kappa shape index (κ2) is 7.97. The van der Waals surface area contributed by atoms with Crippen molar-refractivity contribution in [3.8, 4) is 6.07 Å². The molecule has 0 bridgehead atoms. The summed E-state index contributed by atoms with van der Waals surface area (Å²) in [7, 11) is 2.03. The van der Waals surface area contributed by atoms with Gasteiger partial charge in [-0.05, 0) is 24.7 Å². The van der Waals surface area contributed by atoms with E-state index in [4.69, 9.17) is 0 Å². The number of carbonyl (C=O) groups is 1. The highest BCUT2D eigenvalue weighted by atomic mass is 79.9. The minimum atomic E-state index is -0.195. The average molecular weight is 363 g/mol. The average Bonchev–Trinajstić information content (AvgIpc) is 2.53. The van der Waals surface area contributed by atoms with Gasteiger partial charge in [0.05, 0.1) is 0 Å². The largest absolute Gasteiger partial charge is 0.386 e. The van der Waals surface area contributed by atoms with E-state index in [1.54, 1.807) is 4.90 Å². The molecule has 1 aliphatic rings. The number of piperazine rings is 1. The Kier molecular flexibility index (Phi) is 5.99. The lowest BCUT2D eigenvalue weighted by molar-refractivity contribution is -0.128. The molecule has 6 heteroatoms. The first-order valence-corrected chi connectivity index (χ1v) is 7.95. The Hall–Kier alpha value is -1.84. The highest BCUT2D eigenvalue weighted by Gasteiger charge is 2.21. The molecule has 1 aromatic rings. The summed E-state index contributed by atoms with van der Waals surface area (Å²) in [6.45, 7) is 3.60. The van der Waals surface area contributed by atoms with E-state index in [-0.39, 0.29) is 11.5 Å². The van der Waals surface area contributed by atoms with Gasteiger partial charge in [0, 0.05) is 43.4 Å². The molecule has 1 aromatic carbocycles. The van der Waals surface area contributed by atoms with Gasteiger partial charge in [-0.2, -0.15) is 5.26 Å². The maximum Gasteiger partial charge on any atom is 0.266 e. The number of hydrogen-bond acceptors (Lipinski definition) is 4. The Balaban J connectivity index is 1.91. The highest BCUT2D eigenvalue weighted by molar-refractivity contribution is 9.10. The highest BCUT2D eigenvalue weighted by Crippen LogP contribution is 2.10. The fourth-order valence-corrected chi connectivity index (χ4v) is 2.46. The second-order valence-corrected chi connectivity index (χ2v) is 6.19. The number of benzene rings is 1. The van der Waals surface area contributed by atoms with Crippen molar-refractivity contribution in [3.63, 3.8) is 0 Å². The van der Waals surface area contributed by atoms with Crippen LogP contribution in [0.25, 0.3) is 0 Å². The molecule has 1 amide bonds. The van der Waals surface area contributed by atoms with Gasteiger partial charge in [-0.15, -0.1) is 0 Å². The molecular weight excluding hydrogens is 344 g/mol. The van der Waals surface area contributed by atoms with Gasteiger partial charge in [0.2, 0.25) is 0 Å². The summed E-state index contributed by atoms with van der Waals surface area (Å²) in [5, 5.41) is 12.2. The minimum absolute atomic E-state index is 0.154. The molecule has 0 aromatic heterocycles. The quantitative estimate of drug-likeness (QED) is 0.654. The summed E-state index contributed by atoms with van der Waals surface area (Å²) in [5.41, 5.74) is 1.24.